The molecule has 10 nitrogen and oxygen atoms in total. The van der Waals surface area contributed by atoms with Gasteiger partial charge in [-0.3, -0.25) is 18.6 Å². The van der Waals surface area contributed by atoms with Crippen molar-refractivity contribution in [3.63, 3.8) is 0 Å². The molecule has 0 heterocycles. The molecule has 61 heavy (non-hydrogen) atoms. The van der Waals surface area contributed by atoms with E-state index in [9.17, 15) is 24.2 Å². The van der Waals surface area contributed by atoms with Crippen molar-refractivity contribution in [3.05, 3.63) is 48.6 Å². The summed E-state index contributed by atoms with van der Waals surface area (Å²) in [5.41, 5.74) is 0. The minimum Gasteiger partial charge on any atom is -0.462 e. The predicted molar refractivity (Wildman–Crippen MR) is 253 cm³/mol. The summed E-state index contributed by atoms with van der Waals surface area (Å²) in [7, 11) is 1.42. The van der Waals surface area contributed by atoms with Crippen LogP contribution in [0.5, 0.6) is 0 Å². The molecule has 11 heteroatoms. The fraction of sp³-hybridized carbons (Fsp3) is 0.800. The first-order valence-corrected chi connectivity index (χ1v) is 25.9. The Morgan fingerprint density at radius 1 is 0.574 bits per heavy atom. The number of aliphatic hydroxyl groups is 1. The molecule has 2 N–H and O–H groups in total. The van der Waals surface area contributed by atoms with E-state index in [1.54, 1.807) is 0 Å². The van der Waals surface area contributed by atoms with Gasteiger partial charge in [0.1, 0.15) is 19.8 Å². The molecule has 0 saturated carbocycles. The van der Waals surface area contributed by atoms with Crippen LogP contribution in [-0.2, 0) is 32.7 Å². The lowest BCUT2D eigenvalue weighted by Crippen LogP contribution is -2.37. The lowest BCUT2D eigenvalue weighted by atomic mass is 10.0. The van der Waals surface area contributed by atoms with Crippen LogP contribution < -0.4 is 0 Å². The number of likely N-dealkylation sites (N-methyl/N-ethyl adjacent to an activating group) is 1. The fourth-order valence-corrected chi connectivity index (χ4v) is 7.35. The first-order valence-electron chi connectivity index (χ1n) is 24.4. The summed E-state index contributed by atoms with van der Waals surface area (Å²) in [4.78, 5) is 35.5. The molecule has 0 bridgehead atoms. The Balaban J connectivity index is 4.37. The van der Waals surface area contributed by atoms with Crippen LogP contribution in [0.2, 0.25) is 0 Å². The normalized spacial score (nSPS) is 14.4. The van der Waals surface area contributed by atoms with Gasteiger partial charge in [0.25, 0.3) is 0 Å². The van der Waals surface area contributed by atoms with Crippen molar-refractivity contribution in [3.8, 4) is 0 Å². The lowest BCUT2D eigenvalue weighted by molar-refractivity contribution is -0.870. The first kappa shape index (κ1) is 58.9. The van der Waals surface area contributed by atoms with E-state index in [0.29, 0.717) is 30.3 Å². The van der Waals surface area contributed by atoms with Gasteiger partial charge in [0, 0.05) is 12.8 Å². The highest BCUT2D eigenvalue weighted by atomic mass is 31.2. The third kappa shape index (κ3) is 45.8. The van der Waals surface area contributed by atoms with Gasteiger partial charge in [0.05, 0.1) is 33.9 Å². The monoisotopic (exact) mass is 883 g/mol. The predicted octanol–water partition coefficient (Wildman–Crippen LogP) is 13.2. The molecular weight excluding hydrogens is 790 g/mol. The van der Waals surface area contributed by atoms with Gasteiger partial charge in [-0.1, -0.05) is 184 Å². The average Bonchev–Trinajstić information content (AvgIpc) is 3.20. The summed E-state index contributed by atoms with van der Waals surface area (Å²) >= 11 is 0. The Bertz CT molecular complexity index is 1200. The van der Waals surface area contributed by atoms with Gasteiger partial charge in [-0.05, 0) is 51.4 Å². The number of carbonyl (C=O) groups is 2. The minimum atomic E-state index is -4.40. The third-order valence-corrected chi connectivity index (χ3v) is 11.4. The maximum absolute atomic E-state index is 12.7. The summed E-state index contributed by atoms with van der Waals surface area (Å²) in [5, 5.41) is 9.75. The van der Waals surface area contributed by atoms with E-state index >= 15 is 0 Å². The molecule has 0 aliphatic carbocycles. The molecule has 0 saturated heterocycles. The third-order valence-electron chi connectivity index (χ3n) is 10.4. The Hall–Kier alpha value is -2.07. The number of unbranched alkanes of at least 4 members (excludes halogenated alkanes) is 19. The molecule has 0 rings (SSSR count). The smallest absolute Gasteiger partial charge is 0.462 e. The highest BCUT2D eigenvalue weighted by Crippen LogP contribution is 2.43. The van der Waals surface area contributed by atoms with E-state index < -0.39 is 26.5 Å². The van der Waals surface area contributed by atoms with Crippen LogP contribution in [-0.4, -0.2) is 86.1 Å². The van der Waals surface area contributed by atoms with Crippen molar-refractivity contribution in [1.29, 1.82) is 0 Å². The molecule has 0 aliphatic rings. The van der Waals surface area contributed by atoms with Gasteiger partial charge in [-0.15, -0.1) is 0 Å². The molecule has 0 aromatic heterocycles. The van der Waals surface area contributed by atoms with Crippen molar-refractivity contribution in [2.75, 3.05) is 47.5 Å². The highest BCUT2D eigenvalue weighted by molar-refractivity contribution is 7.47. The van der Waals surface area contributed by atoms with E-state index in [4.69, 9.17) is 18.5 Å². The van der Waals surface area contributed by atoms with Crippen molar-refractivity contribution >= 4 is 19.8 Å². The zero-order valence-corrected chi connectivity index (χ0v) is 40.6. The van der Waals surface area contributed by atoms with Gasteiger partial charge in [-0.25, -0.2) is 4.57 Å². The van der Waals surface area contributed by atoms with E-state index in [1.807, 2.05) is 33.3 Å². The van der Waals surface area contributed by atoms with Crippen LogP contribution in [0, 0.1) is 0 Å². The lowest BCUT2D eigenvalue weighted by Gasteiger charge is -2.24. The fourth-order valence-electron chi connectivity index (χ4n) is 6.61. The van der Waals surface area contributed by atoms with Crippen molar-refractivity contribution in [2.24, 2.45) is 0 Å². The number of carbonyl (C=O) groups excluding carboxylic acids is 2. The molecule has 0 aliphatic heterocycles. The molecular formula is C50H93NO9P+. The molecule has 0 radical (unpaired) electrons. The maximum Gasteiger partial charge on any atom is 0.472 e. The van der Waals surface area contributed by atoms with Gasteiger partial charge in [-0.2, -0.15) is 0 Å². The van der Waals surface area contributed by atoms with Crippen LogP contribution in [0.15, 0.2) is 48.6 Å². The Kier molecular flexibility index (Phi) is 40.5. The number of hydrogen-bond donors (Lipinski definition) is 2. The van der Waals surface area contributed by atoms with E-state index in [0.717, 1.165) is 51.4 Å². The second kappa shape index (κ2) is 41.9. The van der Waals surface area contributed by atoms with E-state index in [1.165, 1.54) is 103 Å². The Morgan fingerprint density at radius 3 is 1.52 bits per heavy atom. The van der Waals surface area contributed by atoms with Gasteiger partial charge in [0.15, 0.2) is 6.10 Å². The Morgan fingerprint density at radius 2 is 1.03 bits per heavy atom. The van der Waals surface area contributed by atoms with Crippen molar-refractivity contribution in [1.82, 2.24) is 0 Å². The first-order chi connectivity index (χ1) is 29.4. The number of hydrogen-bond acceptors (Lipinski definition) is 8. The summed E-state index contributed by atoms with van der Waals surface area (Å²) in [6, 6.07) is 0. The summed E-state index contributed by atoms with van der Waals surface area (Å²) in [6.07, 6.45) is 46.6. The zero-order valence-electron chi connectivity index (χ0n) is 39.8. The number of nitrogens with zero attached hydrogens (tertiary/aromatic N) is 1. The van der Waals surface area contributed by atoms with Crippen LogP contribution >= 0.6 is 7.82 Å². The number of allylic oxidation sites excluding steroid dienone is 7. The second-order valence-electron chi connectivity index (χ2n) is 17.7. The standard InChI is InChI=1S/C50H92NO9P/c1-6-8-9-10-11-12-13-14-15-16-17-18-19-22-25-28-31-34-37-41-49(53)57-45-48(46-59-61(55,56)58-44-43-51(3,4)5)60-50(54)42-38-35-32-29-26-23-20-21-24-27-30-33-36-40-47(52)39-7-2/h20,23-24,27,29,32-33,36,47-48,52H,6-19,21-22,25-26,28,30-31,34-35,37-46H2,1-5H3/p+1/b23-20-,27-24-,32-29-,36-33-/t47?,48-/m1/s1. The summed E-state index contributed by atoms with van der Waals surface area (Å²) in [5.74, 6) is -0.879. The topological polar surface area (TPSA) is 129 Å². The van der Waals surface area contributed by atoms with Gasteiger partial charge in [0.2, 0.25) is 0 Å². The number of ether oxygens (including phenoxy) is 2. The molecule has 0 spiro atoms. The van der Waals surface area contributed by atoms with Crippen LogP contribution in [0.4, 0.5) is 0 Å². The number of quaternary nitrogens is 1. The van der Waals surface area contributed by atoms with Crippen LogP contribution in [0.25, 0.3) is 0 Å². The molecule has 2 unspecified atom stereocenters. The number of aliphatic hydroxyl groups excluding tert-OH is 1. The molecule has 0 aromatic rings. The average molecular weight is 883 g/mol. The largest absolute Gasteiger partial charge is 0.472 e. The highest BCUT2D eigenvalue weighted by Gasteiger charge is 2.27. The number of rotatable bonds is 44. The number of phosphoric acid groups is 1. The van der Waals surface area contributed by atoms with E-state index in [2.05, 4.69) is 50.3 Å². The molecule has 3 atom stereocenters. The molecule has 356 valence electrons. The minimum absolute atomic E-state index is 0.0146. The quantitative estimate of drug-likeness (QED) is 0.0202. The van der Waals surface area contributed by atoms with Gasteiger partial charge < -0.3 is 24.0 Å². The summed E-state index contributed by atoms with van der Waals surface area (Å²) < 4.78 is 34.3. The van der Waals surface area contributed by atoms with Crippen molar-refractivity contribution in [2.45, 2.75) is 212 Å². The van der Waals surface area contributed by atoms with Crippen LogP contribution in [0.1, 0.15) is 200 Å². The summed E-state index contributed by atoms with van der Waals surface area (Å²) in [6.45, 7) is 4.17. The second-order valence-corrected chi connectivity index (χ2v) is 19.1. The van der Waals surface area contributed by atoms with Crippen molar-refractivity contribution < 1.29 is 47.2 Å². The SMILES string of the molecule is CCCCCCCCCCCCCCCCCCCCCC(=O)OC[C@H](COP(=O)(O)OCC[N+](C)(C)C)OC(=O)CCC/C=C\C/C=C\C/C=C\C/C=C\CC(O)CCC. The Labute approximate surface area is 374 Å². The van der Waals surface area contributed by atoms with Crippen LogP contribution in [0.3, 0.4) is 0 Å². The number of phosphoric ester groups is 1. The molecule has 0 aromatic carbocycles. The number of esters is 2. The molecule has 0 amide bonds. The zero-order chi connectivity index (χ0) is 45.1. The maximum atomic E-state index is 12.7. The van der Waals surface area contributed by atoms with Gasteiger partial charge >= 0.3 is 19.8 Å². The molecule has 0 fully saturated rings. The van der Waals surface area contributed by atoms with E-state index in [-0.39, 0.29) is 38.1 Å².